The maximum Gasteiger partial charge on any atom is 0.0847 e. The normalized spacial score (nSPS) is 12.7. The molecule has 0 aromatic carbocycles. The van der Waals surface area contributed by atoms with Crippen LogP contribution in [0, 0.1) is 20.8 Å². The molecule has 2 heterocycles. The Morgan fingerprint density at radius 1 is 1.38 bits per heavy atom. The van der Waals surface area contributed by atoms with Gasteiger partial charge < -0.3 is 0 Å². The number of nitrogens with two attached hydrogens (primary N) is 1. The first-order chi connectivity index (χ1) is 9.97. The van der Waals surface area contributed by atoms with E-state index in [4.69, 9.17) is 17.4 Å². The average Bonchev–Trinajstić information content (AvgIpc) is 2.72. The number of nitrogens with one attached hydrogen (secondary N) is 1. The van der Waals surface area contributed by atoms with Crippen molar-refractivity contribution in [2.75, 3.05) is 0 Å². The number of nitrogens with zero attached hydrogens (tertiary/aromatic N) is 3. The Labute approximate surface area is 130 Å². The monoisotopic (exact) mass is 307 g/mol. The zero-order chi connectivity index (χ0) is 15.6. The lowest BCUT2D eigenvalue weighted by Crippen LogP contribution is -2.31. The summed E-state index contributed by atoms with van der Waals surface area (Å²) in [5.74, 6) is 5.75. The van der Waals surface area contributed by atoms with Crippen LogP contribution in [0.5, 0.6) is 0 Å². The van der Waals surface area contributed by atoms with Crippen molar-refractivity contribution >= 4 is 11.6 Å². The van der Waals surface area contributed by atoms with Gasteiger partial charge in [-0.05, 0) is 38.8 Å². The third kappa shape index (κ3) is 3.26. The Morgan fingerprint density at radius 2 is 2.10 bits per heavy atom. The number of hydrogen-bond acceptors (Lipinski definition) is 4. The van der Waals surface area contributed by atoms with Crippen LogP contribution in [0.3, 0.4) is 0 Å². The van der Waals surface area contributed by atoms with E-state index in [1.165, 1.54) is 0 Å². The molecule has 2 aromatic heterocycles. The lowest BCUT2D eigenvalue weighted by molar-refractivity contribution is 0.505. The van der Waals surface area contributed by atoms with Gasteiger partial charge in [0.15, 0.2) is 0 Å². The Balaban J connectivity index is 2.35. The highest BCUT2D eigenvalue weighted by Gasteiger charge is 2.20. The van der Waals surface area contributed by atoms with Gasteiger partial charge in [-0.25, -0.2) is 0 Å². The van der Waals surface area contributed by atoms with Crippen molar-refractivity contribution in [2.24, 2.45) is 5.84 Å². The molecule has 21 heavy (non-hydrogen) atoms. The summed E-state index contributed by atoms with van der Waals surface area (Å²) in [6, 6.07) is 2.01. The van der Waals surface area contributed by atoms with Crippen LogP contribution in [-0.2, 0) is 13.0 Å². The molecule has 0 aliphatic carbocycles. The van der Waals surface area contributed by atoms with Crippen LogP contribution in [0.25, 0.3) is 0 Å². The van der Waals surface area contributed by atoms with Gasteiger partial charge in [-0.2, -0.15) is 5.10 Å². The Hall–Kier alpha value is -1.43. The molecule has 0 saturated carbocycles. The molecular weight excluding hydrogens is 286 g/mol. The fraction of sp³-hybridized carbons (Fsp3) is 0.467. The van der Waals surface area contributed by atoms with Crippen molar-refractivity contribution in [3.63, 3.8) is 0 Å². The SMILES string of the molecule is CCn1nc(C)c(Cl)c1CC(NN)c1ncc(C)cc1C. The minimum absolute atomic E-state index is 0.0931. The Kier molecular flexibility index (Phi) is 4.98. The topological polar surface area (TPSA) is 68.8 Å². The molecule has 0 amide bonds. The van der Waals surface area contributed by atoms with Crippen LogP contribution in [-0.4, -0.2) is 14.8 Å². The number of halogens is 1. The first-order valence-electron chi connectivity index (χ1n) is 7.09. The van der Waals surface area contributed by atoms with E-state index in [0.717, 1.165) is 34.8 Å². The summed E-state index contributed by atoms with van der Waals surface area (Å²) >= 11 is 6.37. The van der Waals surface area contributed by atoms with Gasteiger partial charge in [-0.1, -0.05) is 17.7 Å². The second-order valence-electron chi connectivity index (χ2n) is 5.30. The van der Waals surface area contributed by atoms with Gasteiger partial charge in [0, 0.05) is 19.2 Å². The first-order valence-corrected chi connectivity index (χ1v) is 7.46. The predicted molar refractivity (Wildman–Crippen MR) is 85.1 cm³/mol. The summed E-state index contributed by atoms with van der Waals surface area (Å²) in [5.41, 5.74) is 7.89. The highest BCUT2D eigenvalue weighted by atomic mass is 35.5. The van der Waals surface area contributed by atoms with E-state index >= 15 is 0 Å². The summed E-state index contributed by atoms with van der Waals surface area (Å²) in [5, 5.41) is 5.15. The summed E-state index contributed by atoms with van der Waals surface area (Å²) in [6.07, 6.45) is 2.51. The molecule has 1 unspecified atom stereocenters. The molecule has 0 spiro atoms. The third-order valence-corrected chi connectivity index (χ3v) is 4.13. The van der Waals surface area contributed by atoms with E-state index < -0.39 is 0 Å². The summed E-state index contributed by atoms with van der Waals surface area (Å²) < 4.78 is 1.92. The summed E-state index contributed by atoms with van der Waals surface area (Å²) in [6.45, 7) is 8.82. The highest BCUT2D eigenvalue weighted by molar-refractivity contribution is 6.31. The minimum atomic E-state index is -0.0931. The molecule has 0 fully saturated rings. The largest absolute Gasteiger partial charge is 0.271 e. The Morgan fingerprint density at radius 3 is 2.67 bits per heavy atom. The van der Waals surface area contributed by atoms with Crippen LogP contribution >= 0.6 is 11.6 Å². The molecular formula is C15H22ClN5. The van der Waals surface area contributed by atoms with E-state index in [0.29, 0.717) is 11.4 Å². The van der Waals surface area contributed by atoms with Gasteiger partial charge in [0.2, 0.25) is 0 Å². The average molecular weight is 308 g/mol. The number of aromatic nitrogens is 3. The zero-order valence-corrected chi connectivity index (χ0v) is 13.7. The standard InChI is InChI=1S/C15H22ClN5/c1-5-21-13(14(16)11(4)20-21)7-12(19-17)15-10(3)6-9(2)8-18-15/h6,8,12,19H,5,7,17H2,1-4H3. The van der Waals surface area contributed by atoms with Crippen LogP contribution in [0.2, 0.25) is 5.02 Å². The smallest absolute Gasteiger partial charge is 0.0847 e. The molecule has 6 heteroatoms. The Bertz CT molecular complexity index is 635. The lowest BCUT2D eigenvalue weighted by atomic mass is 10.0. The minimum Gasteiger partial charge on any atom is -0.271 e. The van der Waals surface area contributed by atoms with Gasteiger partial charge in [-0.3, -0.25) is 20.9 Å². The van der Waals surface area contributed by atoms with Gasteiger partial charge in [-0.15, -0.1) is 0 Å². The number of hydrogen-bond donors (Lipinski definition) is 2. The lowest BCUT2D eigenvalue weighted by Gasteiger charge is -2.18. The zero-order valence-electron chi connectivity index (χ0n) is 12.9. The molecule has 1 atom stereocenters. The fourth-order valence-corrected chi connectivity index (χ4v) is 2.80. The van der Waals surface area contributed by atoms with Crippen LogP contribution in [0.15, 0.2) is 12.3 Å². The van der Waals surface area contributed by atoms with Gasteiger partial charge in [0.05, 0.1) is 28.1 Å². The number of pyridine rings is 1. The third-order valence-electron chi connectivity index (χ3n) is 3.64. The first kappa shape index (κ1) is 15.9. The summed E-state index contributed by atoms with van der Waals surface area (Å²) in [7, 11) is 0. The van der Waals surface area contributed by atoms with E-state index in [9.17, 15) is 0 Å². The molecule has 0 aliphatic heterocycles. The predicted octanol–water partition coefficient (Wildman–Crippen LogP) is 2.62. The fourth-order valence-electron chi connectivity index (χ4n) is 2.58. The summed E-state index contributed by atoms with van der Waals surface area (Å²) in [4.78, 5) is 4.52. The second-order valence-corrected chi connectivity index (χ2v) is 5.68. The van der Waals surface area contributed by atoms with Crippen molar-refractivity contribution in [3.05, 3.63) is 45.5 Å². The van der Waals surface area contributed by atoms with Crippen LogP contribution < -0.4 is 11.3 Å². The molecule has 0 saturated heterocycles. The van der Waals surface area contributed by atoms with Gasteiger partial charge in [0.1, 0.15) is 0 Å². The van der Waals surface area contributed by atoms with Crippen molar-refractivity contribution in [1.29, 1.82) is 0 Å². The maximum atomic E-state index is 6.37. The van der Waals surface area contributed by atoms with Gasteiger partial charge >= 0.3 is 0 Å². The molecule has 0 bridgehead atoms. The molecule has 3 N–H and O–H groups in total. The van der Waals surface area contributed by atoms with E-state index in [1.54, 1.807) is 0 Å². The molecule has 114 valence electrons. The van der Waals surface area contributed by atoms with E-state index in [-0.39, 0.29) is 6.04 Å². The molecule has 0 radical (unpaired) electrons. The van der Waals surface area contributed by atoms with Crippen LogP contribution in [0.1, 0.15) is 41.2 Å². The number of hydrazine groups is 1. The second kappa shape index (κ2) is 6.56. The quantitative estimate of drug-likeness (QED) is 0.658. The maximum absolute atomic E-state index is 6.37. The van der Waals surface area contributed by atoms with Gasteiger partial charge in [0.25, 0.3) is 0 Å². The molecule has 2 rings (SSSR count). The van der Waals surface area contributed by atoms with E-state index in [1.807, 2.05) is 38.6 Å². The molecule has 0 aliphatic rings. The number of aryl methyl sites for hydroxylation is 4. The highest BCUT2D eigenvalue weighted by Crippen LogP contribution is 2.26. The molecule has 2 aromatic rings. The van der Waals surface area contributed by atoms with Crippen LogP contribution in [0.4, 0.5) is 0 Å². The van der Waals surface area contributed by atoms with Crippen molar-refractivity contribution in [3.8, 4) is 0 Å². The van der Waals surface area contributed by atoms with Crippen molar-refractivity contribution < 1.29 is 0 Å². The van der Waals surface area contributed by atoms with E-state index in [2.05, 4.69) is 21.6 Å². The van der Waals surface area contributed by atoms with Crippen molar-refractivity contribution in [2.45, 2.75) is 46.7 Å². The molecule has 5 nitrogen and oxygen atoms in total. The number of rotatable bonds is 5. The van der Waals surface area contributed by atoms with Crippen molar-refractivity contribution in [1.82, 2.24) is 20.2 Å².